The number of rotatable bonds is 18. The van der Waals surface area contributed by atoms with Gasteiger partial charge in [0.25, 0.3) is 5.89 Å². The molecule has 6 N–H and O–H groups in total. The normalized spacial score (nSPS) is 10.6. The number of aromatic nitrogens is 12. The molecule has 6 heterocycles. The molecule has 0 aliphatic carbocycles. The number of carboxylic acids is 6. The maximum atomic E-state index is 13.6. The molecule has 0 saturated heterocycles. The van der Waals surface area contributed by atoms with Gasteiger partial charge in [0.05, 0.1) is 60.1 Å². The maximum absolute atomic E-state index is 13.6. The molecular formula is C97H70Cl3FN12O18. The third-order valence-electron chi connectivity index (χ3n) is 19.6. The molecule has 18 aromatic rings. The van der Waals surface area contributed by atoms with Crippen LogP contribution in [0.3, 0.4) is 0 Å². The highest BCUT2D eigenvalue weighted by Crippen LogP contribution is 2.36. The van der Waals surface area contributed by atoms with Crippen molar-refractivity contribution in [2.75, 3.05) is 0 Å². The molecule has 654 valence electrons. The third-order valence-corrected chi connectivity index (χ3v) is 20.8. The van der Waals surface area contributed by atoms with Crippen molar-refractivity contribution in [1.82, 2.24) is 61.2 Å². The molecule has 0 amide bonds. The molecule has 0 radical (unpaired) electrons. The number of halogens is 4. The van der Waals surface area contributed by atoms with Gasteiger partial charge in [-0.25, -0.2) is 33.2 Å². The first-order valence-corrected chi connectivity index (χ1v) is 40.2. The van der Waals surface area contributed by atoms with Crippen molar-refractivity contribution in [2.45, 2.75) is 48.5 Å². The minimum atomic E-state index is -1.01. The molecule has 131 heavy (non-hydrogen) atoms. The maximum Gasteiger partial charge on any atom is 0.335 e. The van der Waals surface area contributed by atoms with Crippen LogP contribution >= 0.6 is 34.8 Å². The molecule has 0 spiro atoms. The monoisotopic (exact) mass is 1810 g/mol. The zero-order chi connectivity index (χ0) is 93.3. The van der Waals surface area contributed by atoms with E-state index in [9.17, 15) is 33.2 Å². The lowest BCUT2D eigenvalue weighted by Crippen LogP contribution is -1.94. The lowest BCUT2D eigenvalue weighted by molar-refractivity contribution is 0.0686. The number of hydrogen-bond acceptors (Lipinski definition) is 24. The quantitative estimate of drug-likeness (QED) is 0.0464. The first-order valence-electron chi connectivity index (χ1n) is 39.1. The number of aromatic carboxylic acids is 6. The van der Waals surface area contributed by atoms with Crippen LogP contribution in [0.1, 0.15) is 101 Å². The second-order valence-electron chi connectivity index (χ2n) is 28.7. The summed E-state index contributed by atoms with van der Waals surface area (Å²) >= 11 is 18.5. The Hall–Kier alpha value is -16.9. The summed E-state index contributed by atoms with van der Waals surface area (Å²) in [6, 6.07) is 72.0. The number of hydrogen-bond donors (Lipinski definition) is 6. The van der Waals surface area contributed by atoms with Crippen molar-refractivity contribution in [2.24, 2.45) is 0 Å². The number of carboxylic acid groups (broad SMARTS) is 6. The molecule has 0 unspecified atom stereocenters. The van der Waals surface area contributed by atoms with E-state index < -0.39 is 41.6 Å². The molecule has 12 aromatic carbocycles. The van der Waals surface area contributed by atoms with Gasteiger partial charge in [0, 0.05) is 55.1 Å². The molecule has 6 aromatic heterocycles. The average Bonchev–Trinajstić information content (AvgIpc) is 1.81. The molecule has 30 nitrogen and oxygen atoms in total. The number of benzene rings is 12. The molecule has 18 rings (SSSR count). The van der Waals surface area contributed by atoms with E-state index in [0.717, 1.165) is 50.1 Å². The van der Waals surface area contributed by atoms with E-state index in [1.54, 1.807) is 103 Å². The average molecular weight is 1820 g/mol. The summed E-state index contributed by atoms with van der Waals surface area (Å²) in [5, 5.41) is 103. The summed E-state index contributed by atoms with van der Waals surface area (Å²) in [5.41, 5.74) is 16.6. The molecule has 0 bridgehead atoms. The van der Waals surface area contributed by atoms with Crippen molar-refractivity contribution < 1.29 is 90.3 Å². The Bertz CT molecular complexity index is 7040. The largest absolute Gasteiger partial charge is 0.478 e. The highest BCUT2D eigenvalue weighted by Gasteiger charge is 2.22. The van der Waals surface area contributed by atoms with Gasteiger partial charge in [-0.2, -0.15) is 0 Å². The SMILES string of the molecule is Cc1ccc(-c2nnc(-c3ccc(C(=O)O)cc3)o2)c(Cl)c1.Cc1ccc(-c2nnc(-c3ccc(C(=O)O)cc3)o2)cc1C.Cc1ccc(-c2nnc(-c3ccc(C(=O)O)cc3)o2)cc1Cl.Cc1cccc(-c2nnc(-c3ccc(C(=O)O)cc3)o2)c1Cl.Cc1cccc(C)c1-c1nnc(-c2ccc(C(=O)O)cc2)o1.O=C(O)c1ccc(-c2nnc(-c3ccccc3F)o2)cc1. The Kier molecular flexibility index (Phi) is 29.1. The molecule has 0 atom stereocenters. The third kappa shape index (κ3) is 22.9. The number of carbonyl (C=O) groups is 6. The minimum Gasteiger partial charge on any atom is -0.478 e. The van der Waals surface area contributed by atoms with Crippen molar-refractivity contribution in [3.8, 4) is 137 Å². The summed E-state index contributed by atoms with van der Waals surface area (Å²) in [6.45, 7) is 13.8. The van der Waals surface area contributed by atoms with Gasteiger partial charge in [0.2, 0.25) is 64.8 Å². The Morgan fingerprint density at radius 2 is 0.511 bits per heavy atom. The van der Waals surface area contributed by atoms with Crippen LogP contribution in [0.2, 0.25) is 15.1 Å². The number of aryl methyl sites for hydroxylation is 7. The topological polar surface area (TPSA) is 457 Å². The predicted octanol–water partition coefficient (Wildman–Crippen LogP) is 22.9. The van der Waals surface area contributed by atoms with E-state index in [0.29, 0.717) is 118 Å². The highest BCUT2D eigenvalue weighted by atomic mass is 35.5. The fourth-order valence-corrected chi connectivity index (χ4v) is 12.9. The Morgan fingerprint density at radius 1 is 0.237 bits per heavy atom. The van der Waals surface area contributed by atoms with Crippen LogP contribution in [0.5, 0.6) is 0 Å². The zero-order valence-electron chi connectivity index (χ0n) is 69.8. The Labute approximate surface area is 757 Å². The predicted molar refractivity (Wildman–Crippen MR) is 481 cm³/mol. The van der Waals surface area contributed by atoms with Crippen LogP contribution in [0.4, 0.5) is 4.39 Å². The smallest absolute Gasteiger partial charge is 0.335 e. The summed E-state index contributed by atoms with van der Waals surface area (Å²) in [4.78, 5) is 65.0. The molecule has 0 fully saturated rings. The van der Waals surface area contributed by atoms with Gasteiger partial charge in [-0.15, -0.1) is 61.2 Å². The van der Waals surface area contributed by atoms with Gasteiger partial charge in [-0.3, -0.25) is 0 Å². The van der Waals surface area contributed by atoms with Gasteiger partial charge in [0.1, 0.15) is 5.82 Å². The van der Waals surface area contributed by atoms with Crippen LogP contribution < -0.4 is 0 Å². The van der Waals surface area contributed by atoms with Gasteiger partial charge >= 0.3 is 35.8 Å². The Morgan fingerprint density at radius 3 is 0.855 bits per heavy atom. The van der Waals surface area contributed by atoms with Crippen LogP contribution in [0.25, 0.3) is 137 Å². The van der Waals surface area contributed by atoms with E-state index in [1.165, 1.54) is 84.4 Å². The first kappa shape index (κ1) is 91.8. The van der Waals surface area contributed by atoms with E-state index >= 15 is 0 Å². The van der Waals surface area contributed by atoms with Crippen LogP contribution in [0.15, 0.2) is 287 Å². The van der Waals surface area contributed by atoms with Crippen molar-refractivity contribution in [1.29, 1.82) is 0 Å². The van der Waals surface area contributed by atoms with Crippen LogP contribution in [-0.2, 0) is 0 Å². The fraction of sp³-hybridized carbons (Fsp3) is 0.0722. The van der Waals surface area contributed by atoms with E-state index in [4.69, 9.17) is 91.9 Å². The molecule has 0 aliphatic rings. The lowest BCUT2D eigenvalue weighted by atomic mass is 10.0. The second-order valence-corrected chi connectivity index (χ2v) is 29.9. The lowest BCUT2D eigenvalue weighted by Gasteiger charge is -2.04. The zero-order valence-corrected chi connectivity index (χ0v) is 72.1. The first-order chi connectivity index (χ1) is 62.9. The van der Waals surface area contributed by atoms with Crippen molar-refractivity contribution in [3.63, 3.8) is 0 Å². The van der Waals surface area contributed by atoms with E-state index in [2.05, 4.69) is 61.2 Å². The van der Waals surface area contributed by atoms with E-state index in [-0.39, 0.29) is 50.7 Å². The molecule has 0 saturated carbocycles. The summed E-state index contributed by atoms with van der Waals surface area (Å²) < 4.78 is 47.4. The summed E-state index contributed by atoms with van der Waals surface area (Å²) in [5.74, 6) is -2.47. The standard InChI is InChI=1S/2C17H14N2O3.3C16H11ClN2O3.C15H9FN2O3/c1-10-3-4-14(9-11(10)2)16-19-18-15(22-16)12-5-7-13(8-6-12)17(20)21;1-10-4-3-5-11(2)14(10)16-19-18-15(22-16)12-6-8-13(9-7-12)17(20)21;1-9-2-7-12(13(17)8-9)15-19-18-14(22-15)10-3-5-11(6-4-10)16(20)21;1-9-2-3-12(8-13(9)17)15-19-18-14(22-15)10-4-6-11(7-5-10)16(20)21;1-9-3-2-4-12(13(9)17)15-19-18-14(22-15)10-5-7-11(8-6-10)16(20)21;16-12-4-2-1-3-11(12)14-18-17-13(21-14)9-5-7-10(8-6-9)15(19)20/h2*3-9H,1-2H3,(H,20,21);3*2-8H,1H3,(H,20,21);1-8H,(H,19,20). The number of nitrogens with zero attached hydrogens (tertiary/aromatic N) is 12. The van der Waals surface area contributed by atoms with Gasteiger partial charge in [-0.1, -0.05) is 95.5 Å². The highest BCUT2D eigenvalue weighted by molar-refractivity contribution is 6.34. The molecule has 34 heteroatoms. The van der Waals surface area contributed by atoms with E-state index in [1.807, 2.05) is 127 Å². The molecular weight excluding hydrogens is 1750 g/mol. The van der Waals surface area contributed by atoms with Crippen molar-refractivity contribution >= 4 is 70.6 Å². The molecule has 0 aliphatic heterocycles. The van der Waals surface area contributed by atoms with Crippen molar-refractivity contribution in [3.05, 3.63) is 354 Å². The fourth-order valence-electron chi connectivity index (χ4n) is 12.2. The van der Waals surface area contributed by atoms with Crippen LogP contribution in [-0.4, -0.2) is 128 Å². The van der Waals surface area contributed by atoms with Gasteiger partial charge < -0.3 is 57.1 Å². The minimum absolute atomic E-state index is 0.0745. The Balaban J connectivity index is 0.000000134. The van der Waals surface area contributed by atoms with Crippen LogP contribution in [0, 0.1) is 54.3 Å². The van der Waals surface area contributed by atoms with Gasteiger partial charge in [0.15, 0.2) is 0 Å². The second kappa shape index (κ2) is 41.5. The summed E-state index contributed by atoms with van der Waals surface area (Å²) in [7, 11) is 0. The van der Waals surface area contributed by atoms with Gasteiger partial charge in [-0.05, 0) is 288 Å². The summed E-state index contributed by atoms with van der Waals surface area (Å²) in [6.07, 6.45) is 0.